The van der Waals surface area contributed by atoms with E-state index in [2.05, 4.69) is 39.8 Å². The number of allylic oxidation sites excluding steroid dienone is 2. The Morgan fingerprint density at radius 2 is 1.92 bits per heavy atom. The van der Waals surface area contributed by atoms with Gasteiger partial charge in [-0.05, 0) is 30.1 Å². The minimum absolute atomic E-state index is 0.849. The van der Waals surface area contributed by atoms with Crippen LogP contribution in [0.2, 0.25) is 0 Å². The largest absolute Gasteiger partial charge is 0.0848 e. The molecule has 1 rings (SSSR count). The van der Waals surface area contributed by atoms with Crippen molar-refractivity contribution in [1.29, 1.82) is 0 Å². The molecule has 0 aromatic carbocycles. The molecule has 0 heterocycles. The molecule has 0 saturated heterocycles. The van der Waals surface area contributed by atoms with Gasteiger partial charge in [-0.25, -0.2) is 0 Å². The van der Waals surface area contributed by atoms with Crippen LogP contribution in [0.15, 0.2) is 12.2 Å². The zero-order valence-corrected chi connectivity index (χ0v) is 9.59. The first kappa shape index (κ1) is 10.8. The molecular formula is C13H24. The standard InChI is InChI=1S/C13H24/c1-5-7-12-8-9-13(11(12)4)10(3)6-2/h8-13H,5-7H2,1-4H3. The molecule has 0 bridgehead atoms. The molecule has 13 heavy (non-hydrogen) atoms. The smallest absolute Gasteiger partial charge is 0.0176 e. The summed E-state index contributed by atoms with van der Waals surface area (Å²) in [7, 11) is 0. The second-order valence-electron chi connectivity index (χ2n) is 4.66. The molecule has 0 fully saturated rings. The molecule has 1 aliphatic rings. The fraction of sp³-hybridized carbons (Fsp3) is 0.846. The summed E-state index contributed by atoms with van der Waals surface area (Å²) in [5.41, 5.74) is 0. The Hall–Kier alpha value is -0.260. The minimum Gasteiger partial charge on any atom is -0.0848 e. The van der Waals surface area contributed by atoms with E-state index in [9.17, 15) is 0 Å². The van der Waals surface area contributed by atoms with Gasteiger partial charge in [0.1, 0.15) is 0 Å². The van der Waals surface area contributed by atoms with Gasteiger partial charge in [0.25, 0.3) is 0 Å². The maximum Gasteiger partial charge on any atom is -0.0176 e. The van der Waals surface area contributed by atoms with Crippen molar-refractivity contribution in [1.82, 2.24) is 0 Å². The first-order valence-electron chi connectivity index (χ1n) is 5.89. The van der Waals surface area contributed by atoms with Crippen molar-refractivity contribution in [2.45, 2.75) is 47.0 Å². The second kappa shape index (κ2) is 4.83. The van der Waals surface area contributed by atoms with Gasteiger partial charge in [0.05, 0.1) is 0 Å². The summed E-state index contributed by atoms with van der Waals surface area (Å²) in [4.78, 5) is 0. The number of hydrogen-bond acceptors (Lipinski definition) is 0. The van der Waals surface area contributed by atoms with Crippen LogP contribution >= 0.6 is 0 Å². The van der Waals surface area contributed by atoms with Gasteiger partial charge in [-0.1, -0.05) is 52.7 Å². The molecule has 0 aromatic rings. The molecule has 0 heteroatoms. The Bertz CT molecular complexity index is 169. The molecule has 0 radical (unpaired) electrons. The molecule has 0 aromatic heterocycles. The van der Waals surface area contributed by atoms with E-state index in [0.717, 1.165) is 23.7 Å². The van der Waals surface area contributed by atoms with Crippen LogP contribution in [0.4, 0.5) is 0 Å². The molecule has 0 aliphatic heterocycles. The Balaban J connectivity index is 2.50. The maximum absolute atomic E-state index is 2.47. The average Bonchev–Trinajstić information content (AvgIpc) is 2.48. The topological polar surface area (TPSA) is 0 Å². The molecule has 0 saturated carbocycles. The first-order valence-corrected chi connectivity index (χ1v) is 5.89. The van der Waals surface area contributed by atoms with E-state index >= 15 is 0 Å². The third kappa shape index (κ3) is 2.36. The molecule has 0 spiro atoms. The van der Waals surface area contributed by atoms with Crippen LogP contribution < -0.4 is 0 Å². The molecule has 4 unspecified atom stereocenters. The predicted molar refractivity (Wildman–Crippen MR) is 59.6 cm³/mol. The number of rotatable bonds is 4. The fourth-order valence-corrected chi connectivity index (χ4v) is 2.58. The lowest BCUT2D eigenvalue weighted by Crippen LogP contribution is -2.18. The fourth-order valence-electron chi connectivity index (χ4n) is 2.58. The third-order valence-electron chi connectivity index (χ3n) is 3.79. The van der Waals surface area contributed by atoms with E-state index in [1.54, 1.807) is 0 Å². The zero-order chi connectivity index (χ0) is 9.84. The lowest BCUT2D eigenvalue weighted by molar-refractivity contribution is 0.269. The lowest BCUT2D eigenvalue weighted by Gasteiger charge is -2.25. The molecule has 4 atom stereocenters. The summed E-state index contributed by atoms with van der Waals surface area (Å²) in [6.45, 7) is 9.41. The monoisotopic (exact) mass is 180 g/mol. The lowest BCUT2D eigenvalue weighted by atomic mass is 9.80. The Morgan fingerprint density at radius 1 is 1.23 bits per heavy atom. The van der Waals surface area contributed by atoms with E-state index in [4.69, 9.17) is 0 Å². The summed E-state index contributed by atoms with van der Waals surface area (Å²) in [6.07, 6.45) is 8.96. The van der Waals surface area contributed by atoms with Crippen LogP contribution in [-0.4, -0.2) is 0 Å². The zero-order valence-electron chi connectivity index (χ0n) is 9.59. The second-order valence-corrected chi connectivity index (χ2v) is 4.66. The van der Waals surface area contributed by atoms with Crippen molar-refractivity contribution >= 4 is 0 Å². The van der Waals surface area contributed by atoms with E-state index < -0.39 is 0 Å². The summed E-state index contributed by atoms with van der Waals surface area (Å²) >= 11 is 0. The van der Waals surface area contributed by atoms with Crippen LogP contribution in [0.3, 0.4) is 0 Å². The molecule has 0 N–H and O–H groups in total. The van der Waals surface area contributed by atoms with Crippen LogP contribution in [-0.2, 0) is 0 Å². The summed E-state index contributed by atoms with van der Waals surface area (Å²) in [5.74, 6) is 3.47. The van der Waals surface area contributed by atoms with Gasteiger partial charge in [0.15, 0.2) is 0 Å². The highest BCUT2D eigenvalue weighted by atomic mass is 14.3. The van der Waals surface area contributed by atoms with Crippen LogP contribution in [0.5, 0.6) is 0 Å². The molecule has 1 aliphatic carbocycles. The van der Waals surface area contributed by atoms with Crippen molar-refractivity contribution < 1.29 is 0 Å². The summed E-state index contributed by atoms with van der Waals surface area (Å²) < 4.78 is 0. The molecule has 0 amide bonds. The normalized spacial score (nSPS) is 35.2. The van der Waals surface area contributed by atoms with E-state index in [-0.39, 0.29) is 0 Å². The quantitative estimate of drug-likeness (QED) is 0.567. The van der Waals surface area contributed by atoms with Gasteiger partial charge in [-0.3, -0.25) is 0 Å². The summed E-state index contributed by atoms with van der Waals surface area (Å²) in [6, 6.07) is 0. The predicted octanol–water partition coefficient (Wildman–Crippen LogP) is 4.27. The highest BCUT2D eigenvalue weighted by Crippen LogP contribution is 2.38. The van der Waals surface area contributed by atoms with Gasteiger partial charge in [0.2, 0.25) is 0 Å². The van der Waals surface area contributed by atoms with Crippen LogP contribution in [0.1, 0.15) is 47.0 Å². The molecule has 0 nitrogen and oxygen atoms in total. The molecular weight excluding hydrogens is 156 g/mol. The van der Waals surface area contributed by atoms with Crippen LogP contribution in [0, 0.1) is 23.7 Å². The molecule has 76 valence electrons. The van der Waals surface area contributed by atoms with Gasteiger partial charge in [-0.2, -0.15) is 0 Å². The Morgan fingerprint density at radius 3 is 2.46 bits per heavy atom. The van der Waals surface area contributed by atoms with Gasteiger partial charge in [0, 0.05) is 0 Å². The first-order chi connectivity index (χ1) is 6.20. The van der Waals surface area contributed by atoms with Crippen molar-refractivity contribution in [3.05, 3.63) is 12.2 Å². The average molecular weight is 180 g/mol. The number of hydrogen-bond donors (Lipinski definition) is 0. The van der Waals surface area contributed by atoms with E-state index in [1.807, 2.05) is 0 Å². The van der Waals surface area contributed by atoms with E-state index in [1.165, 1.54) is 19.3 Å². The van der Waals surface area contributed by atoms with Gasteiger partial charge >= 0.3 is 0 Å². The summed E-state index contributed by atoms with van der Waals surface area (Å²) in [5, 5.41) is 0. The maximum atomic E-state index is 2.47. The SMILES string of the molecule is CCCC1C=CC(C(C)CC)C1C. The van der Waals surface area contributed by atoms with Crippen molar-refractivity contribution in [3.63, 3.8) is 0 Å². The van der Waals surface area contributed by atoms with Crippen molar-refractivity contribution in [2.24, 2.45) is 23.7 Å². The Labute approximate surface area is 83.4 Å². The van der Waals surface area contributed by atoms with Gasteiger partial charge < -0.3 is 0 Å². The van der Waals surface area contributed by atoms with Gasteiger partial charge in [-0.15, -0.1) is 0 Å². The highest BCUT2D eigenvalue weighted by molar-refractivity contribution is 5.06. The minimum atomic E-state index is 0.849. The van der Waals surface area contributed by atoms with Crippen LogP contribution in [0.25, 0.3) is 0 Å². The third-order valence-corrected chi connectivity index (χ3v) is 3.79. The van der Waals surface area contributed by atoms with Crippen molar-refractivity contribution in [3.8, 4) is 0 Å². The Kier molecular flexibility index (Phi) is 4.02. The van der Waals surface area contributed by atoms with E-state index in [0.29, 0.717) is 0 Å². The highest BCUT2D eigenvalue weighted by Gasteiger charge is 2.29. The van der Waals surface area contributed by atoms with Crippen molar-refractivity contribution in [2.75, 3.05) is 0 Å².